The summed E-state index contributed by atoms with van der Waals surface area (Å²) < 4.78 is 10.3. The van der Waals surface area contributed by atoms with Gasteiger partial charge >= 0.3 is 0 Å². The van der Waals surface area contributed by atoms with Gasteiger partial charge in [-0.1, -0.05) is 39.4 Å². The Morgan fingerprint density at radius 2 is 1.96 bits per heavy atom. The molecular formula is C20H16Br2N4OS. The summed E-state index contributed by atoms with van der Waals surface area (Å²) in [5, 5.41) is 6.91. The van der Waals surface area contributed by atoms with Gasteiger partial charge in [-0.25, -0.2) is 9.50 Å². The number of hydrogen-bond donors (Lipinski definition) is 0. The van der Waals surface area contributed by atoms with Crippen LogP contribution in [0.3, 0.4) is 0 Å². The Morgan fingerprint density at radius 3 is 2.75 bits per heavy atom. The number of methoxy groups -OCH3 is 1. The number of aryl methyl sites for hydroxylation is 1. The fourth-order valence-electron chi connectivity index (χ4n) is 3.27. The molecule has 0 N–H and O–H groups in total. The summed E-state index contributed by atoms with van der Waals surface area (Å²) in [6.45, 7) is 0. The summed E-state index contributed by atoms with van der Waals surface area (Å²) in [7, 11) is 3.72. The highest BCUT2D eigenvalue weighted by Gasteiger charge is 2.16. The molecule has 5 aromatic rings. The molecule has 0 saturated carbocycles. The molecule has 2 aromatic carbocycles. The second kappa shape index (κ2) is 7.35. The number of halogens is 2. The highest BCUT2D eigenvalue weighted by Crippen LogP contribution is 2.35. The maximum Gasteiger partial charge on any atom is 0.213 e. The third-order valence-corrected chi connectivity index (χ3v) is 6.04. The van der Waals surface area contributed by atoms with Gasteiger partial charge < -0.3 is 9.30 Å². The van der Waals surface area contributed by atoms with E-state index in [2.05, 4.69) is 51.9 Å². The highest BCUT2D eigenvalue weighted by molar-refractivity contribution is 9.10. The van der Waals surface area contributed by atoms with Crippen LogP contribution in [0.1, 0.15) is 0 Å². The van der Waals surface area contributed by atoms with Crippen LogP contribution in [0.5, 0.6) is 5.75 Å². The Bertz CT molecular complexity index is 1270. The molecule has 0 saturated heterocycles. The fourth-order valence-corrected chi connectivity index (χ4v) is 4.53. The van der Waals surface area contributed by atoms with E-state index < -0.39 is 0 Å². The zero-order valence-electron chi connectivity index (χ0n) is 15.1. The van der Waals surface area contributed by atoms with Gasteiger partial charge in [-0.15, -0.1) is 17.0 Å². The van der Waals surface area contributed by atoms with Crippen molar-refractivity contribution in [2.45, 2.75) is 0 Å². The molecule has 0 spiro atoms. The van der Waals surface area contributed by atoms with Gasteiger partial charge in [0, 0.05) is 39.7 Å². The molecule has 0 aliphatic heterocycles. The molecule has 3 aromatic heterocycles. The zero-order valence-corrected chi connectivity index (χ0v) is 19.2. The average molecular weight is 520 g/mol. The van der Waals surface area contributed by atoms with Gasteiger partial charge in [0.1, 0.15) is 10.8 Å². The molecule has 0 atom stereocenters. The number of benzene rings is 2. The number of rotatable bonds is 3. The second-order valence-electron chi connectivity index (χ2n) is 6.31. The molecule has 5 nitrogen and oxygen atoms in total. The van der Waals surface area contributed by atoms with Crippen LogP contribution in [-0.4, -0.2) is 26.3 Å². The van der Waals surface area contributed by atoms with Crippen LogP contribution in [0.25, 0.3) is 37.7 Å². The first-order valence-corrected chi connectivity index (χ1v) is 9.99. The van der Waals surface area contributed by atoms with Gasteiger partial charge in [0.05, 0.1) is 19.0 Å². The monoisotopic (exact) mass is 518 g/mol. The van der Waals surface area contributed by atoms with E-state index in [9.17, 15) is 0 Å². The van der Waals surface area contributed by atoms with Crippen LogP contribution in [-0.2, 0) is 7.05 Å². The molecule has 142 valence electrons. The minimum atomic E-state index is 0. The number of aromatic nitrogens is 4. The summed E-state index contributed by atoms with van der Waals surface area (Å²) in [5.41, 5.74) is 4.20. The van der Waals surface area contributed by atoms with E-state index in [-0.39, 0.29) is 17.0 Å². The molecule has 0 radical (unpaired) electrons. The first-order valence-electron chi connectivity index (χ1n) is 8.38. The number of fused-ring (bicyclic) bond motifs is 2. The van der Waals surface area contributed by atoms with Gasteiger partial charge in [-0.05, 0) is 30.3 Å². The maximum atomic E-state index is 5.31. The van der Waals surface area contributed by atoms with Crippen molar-refractivity contribution in [1.29, 1.82) is 0 Å². The Labute approximate surface area is 184 Å². The zero-order chi connectivity index (χ0) is 18.5. The molecule has 0 fully saturated rings. The average Bonchev–Trinajstić information content (AvgIpc) is 3.33. The first kappa shape index (κ1) is 19.2. The number of nitrogens with zero attached hydrogens (tertiary/aromatic N) is 4. The Morgan fingerprint density at radius 1 is 1.11 bits per heavy atom. The molecule has 8 heteroatoms. The summed E-state index contributed by atoms with van der Waals surface area (Å²) in [5.74, 6) is 0.818. The molecule has 3 heterocycles. The summed E-state index contributed by atoms with van der Waals surface area (Å²) >= 11 is 5.16. The largest absolute Gasteiger partial charge is 0.497 e. The van der Waals surface area contributed by atoms with Crippen LogP contribution in [0, 0.1) is 0 Å². The Balaban J connectivity index is 0.00000192. The van der Waals surface area contributed by atoms with E-state index >= 15 is 0 Å². The van der Waals surface area contributed by atoms with Gasteiger partial charge in [-0.2, -0.15) is 5.10 Å². The standard InChI is InChI=1S/C20H15BrN4OS.BrH/c1-24-10-16(15-9-13(21)6-7-18(15)24)19-23-25-11-17(22-20(25)27-19)12-4-3-5-14(8-12)26-2;/h3-11H,1-2H3;1H. The predicted octanol–water partition coefficient (Wildman–Crippen LogP) is 5.97. The minimum Gasteiger partial charge on any atom is -0.497 e. The SMILES string of the molecule is Br.COc1cccc(-c2cn3nc(-c4cn(C)c5ccc(Br)cc45)sc3n2)c1. The first-order chi connectivity index (χ1) is 13.1. The maximum absolute atomic E-state index is 5.31. The van der Waals surface area contributed by atoms with Gasteiger partial charge in [0.25, 0.3) is 0 Å². The molecular weight excluding hydrogens is 504 g/mol. The minimum absolute atomic E-state index is 0. The van der Waals surface area contributed by atoms with Crippen molar-refractivity contribution in [1.82, 2.24) is 19.2 Å². The highest BCUT2D eigenvalue weighted by atomic mass is 79.9. The lowest BCUT2D eigenvalue weighted by Crippen LogP contribution is -1.84. The summed E-state index contributed by atoms with van der Waals surface area (Å²) in [6.07, 6.45) is 4.09. The molecule has 0 bridgehead atoms. The molecule has 0 unspecified atom stereocenters. The van der Waals surface area contributed by atoms with E-state index in [0.717, 1.165) is 37.0 Å². The predicted molar refractivity (Wildman–Crippen MR) is 123 cm³/mol. The fraction of sp³-hybridized carbons (Fsp3) is 0.100. The van der Waals surface area contributed by atoms with Crippen molar-refractivity contribution >= 4 is 60.1 Å². The molecule has 5 rings (SSSR count). The van der Waals surface area contributed by atoms with E-state index in [1.54, 1.807) is 18.4 Å². The van der Waals surface area contributed by atoms with Crippen LogP contribution < -0.4 is 4.74 Å². The van der Waals surface area contributed by atoms with Crippen LogP contribution in [0.4, 0.5) is 0 Å². The second-order valence-corrected chi connectivity index (χ2v) is 8.18. The van der Waals surface area contributed by atoms with Crippen molar-refractivity contribution in [3.05, 3.63) is 59.3 Å². The third kappa shape index (κ3) is 3.15. The topological polar surface area (TPSA) is 44.4 Å². The van der Waals surface area contributed by atoms with E-state index in [0.29, 0.717) is 0 Å². The quantitative estimate of drug-likeness (QED) is 0.295. The van der Waals surface area contributed by atoms with Crippen molar-refractivity contribution in [3.8, 4) is 27.6 Å². The third-order valence-electron chi connectivity index (χ3n) is 4.59. The number of imidazole rings is 1. The summed E-state index contributed by atoms with van der Waals surface area (Å²) in [4.78, 5) is 5.63. The van der Waals surface area contributed by atoms with Crippen LogP contribution in [0.2, 0.25) is 0 Å². The lowest BCUT2D eigenvalue weighted by Gasteiger charge is -2.01. The van der Waals surface area contributed by atoms with Crippen LogP contribution in [0.15, 0.2) is 59.3 Å². The van der Waals surface area contributed by atoms with Crippen molar-refractivity contribution in [2.75, 3.05) is 7.11 Å². The van der Waals surface area contributed by atoms with E-state index in [1.165, 1.54) is 10.9 Å². The number of ether oxygens (including phenoxy) is 1. The molecule has 28 heavy (non-hydrogen) atoms. The Kier molecular flexibility index (Phi) is 5.03. The van der Waals surface area contributed by atoms with Crippen LogP contribution >= 0.6 is 44.2 Å². The normalized spacial score (nSPS) is 11.1. The van der Waals surface area contributed by atoms with E-state index in [1.807, 2.05) is 35.0 Å². The van der Waals surface area contributed by atoms with Crippen molar-refractivity contribution < 1.29 is 4.74 Å². The van der Waals surface area contributed by atoms with Gasteiger partial charge in [-0.3, -0.25) is 0 Å². The van der Waals surface area contributed by atoms with E-state index in [4.69, 9.17) is 14.8 Å². The van der Waals surface area contributed by atoms with Crippen molar-refractivity contribution in [2.24, 2.45) is 7.05 Å². The molecule has 0 aliphatic rings. The van der Waals surface area contributed by atoms with Gasteiger partial charge in [0.2, 0.25) is 4.96 Å². The smallest absolute Gasteiger partial charge is 0.213 e. The Hall–Kier alpha value is -2.16. The lowest BCUT2D eigenvalue weighted by molar-refractivity contribution is 0.415. The summed E-state index contributed by atoms with van der Waals surface area (Å²) in [6, 6.07) is 14.2. The molecule has 0 amide bonds. The van der Waals surface area contributed by atoms with Crippen molar-refractivity contribution in [3.63, 3.8) is 0 Å². The molecule has 0 aliphatic carbocycles. The lowest BCUT2D eigenvalue weighted by atomic mass is 10.1. The number of hydrogen-bond acceptors (Lipinski definition) is 4. The van der Waals surface area contributed by atoms with Gasteiger partial charge in [0.15, 0.2) is 0 Å².